The van der Waals surface area contributed by atoms with Gasteiger partial charge in [-0.25, -0.2) is 4.39 Å². The normalized spacial score (nSPS) is 10.8. The fourth-order valence-electron chi connectivity index (χ4n) is 2.72. The van der Waals surface area contributed by atoms with Gasteiger partial charge in [0.25, 0.3) is 0 Å². The summed E-state index contributed by atoms with van der Waals surface area (Å²) in [6, 6.07) is 17.5. The van der Waals surface area contributed by atoms with E-state index >= 15 is 0 Å². The maximum absolute atomic E-state index is 13.0. The van der Waals surface area contributed by atoms with Crippen molar-refractivity contribution in [2.45, 2.75) is 26.8 Å². The van der Waals surface area contributed by atoms with E-state index in [-0.39, 0.29) is 11.7 Å². The van der Waals surface area contributed by atoms with Crippen LogP contribution < -0.4 is 10.6 Å². The SMILES string of the molecule is CC(C)CC(=O)Nc1cccc(NCc2ccc(-c3ccc(F)cc3)o2)c1. The second-order valence-electron chi connectivity index (χ2n) is 6.85. The molecule has 0 saturated heterocycles. The molecule has 1 aromatic heterocycles. The van der Waals surface area contributed by atoms with Crippen LogP contribution in [0.25, 0.3) is 11.3 Å². The Labute approximate surface area is 158 Å². The minimum Gasteiger partial charge on any atom is -0.459 e. The van der Waals surface area contributed by atoms with Gasteiger partial charge in [0.1, 0.15) is 17.3 Å². The maximum Gasteiger partial charge on any atom is 0.224 e. The van der Waals surface area contributed by atoms with Gasteiger partial charge in [0.2, 0.25) is 5.91 Å². The van der Waals surface area contributed by atoms with E-state index in [9.17, 15) is 9.18 Å². The Morgan fingerprint density at radius 1 is 1.04 bits per heavy atom. The predicted octanol–water partition coefficient (Wildman–Crippen LogP) is 5.68. The fraction of sp³-hybridized carbons (Fsp3) is 0.227. The molecule has 0 spiro atoms. The highest BCUT2D eigenvalue weighted by Gasteiger charge is 2.07. The van der Waals surface area contributed by atoms with Gasteiger partial charge >= 0.3 is 0 Å². The fourth-order valence-corrected chi connectivity index (χ4v) is 2.72. The smallest absolute Gasteiger partial charge is 0.224 e. The molecule has 3 aromatic rings. The van der Waals surface area contributed by atoms with E-state index in [0.29, 0.717) is 24.6 Å². The first-order valence-corrected chi connectivity index (χ1v) is 8.98. The minimum atomic E-state index is -0.271. The molecular weight excluding hydrogens is 343 g/mol. The van der Waals surface area contributed by atoms with Crippen LogP contribution >= 0.6 is 0 Å². The average molecular weight is 366 g/mol. The molecule has 2 aromatic carbocycles. The number of hydrogen-bond acceptors (Lipinski definition) is 3. The summed E-state index contributed by atoms with van der Waals surface area (Å²) in [4.78, 5) is 11.9. The number of anilines is 2. The first-order chi connectivity index (χ1) is 13.0. The minimum absolute atomic E-state index is 0.0112. The van der Waals surface area contributed by atoms with Crippen molar-refractivity contribution in [2.75, 3.05) is 10.6 Å². The number of hydrogen-bond donors (Lipinski definition) is 2. The summed E-state index contributed by atoms with van der Waals surface area (Å²) in [5.41, 5.74) is 2.48. The van der Waals surface area contributed by atoms with Crippen molar-refractivity contribution in [3.8, 4) is 11.3 Å². The number of furan rings is 1. The van der Waals surface area contributed by atoms with E-state index in [1.165, 1.54) is 12.1 Å². The number of nitrogens with one attached hydrogen (secondary N) is 2. The first kappa shape index (κ1) is 18.7. The molecule has 0 radical (unpaired) electrons. The molecule has 27 heavy (non-hydrogen) atoms. The molecule has 0 aliphatic carbocycles. The Morgan fingerprint density at radius 2 is 1.78 bits per heavy atom. The second-order valence-corrected chi connectivity index (χ2v) is 6.85. The topological polar surface area (TPSA) is 54.3 Å². The summed E-state index contributed by atoms with van der Waals surface area (Å²) in [6.07, 6.45) is 0.496. The van der Waals surface area contributed by atoms with Crippen LogP contribution in [0.4, 0.5) is 15.8 Å². The summed E-state index contributed by atoms with van der Waals surface area (Å²) in [6.45, 7) is 4.53. The molecular formula is C22H23FN2O2. The zero-order valence-corrected chi connectivity index (χ0v) is 15.5. The van der Waals surface area contributed by atoms with Gasteiger partial charge in [0.05, 0.1) is 6.54 Å². The highest BCUT2D eigenvalue weighted by atomic mass is 19.1. The van der Waals surface area contributed by atoms with Crippen molar-refractivity contribution in [2.24, 2.45) is 5.92 Å². The Hall–Kier alpha value is -3.08. The summed E-state index contributed by atoms with van der Waals surface area (Å²) >= 11 is 0. The number of carbonyl (C=O) groups excluding carboxylic acids is 1. The van der Waals surface area contributed by atoms with Crippen molar-refractivity contribution >= 4 is 17.3 Å². The Kier molecular flexibility index (Phi) is 5.91. The molecule has 0 unspecified atom stereocenters. The molecule has 2 N–H and O–H groups in total. The van der Waals surface area contributed by atoms with Gasteiger partial charge < -0.3 is 15.1 Å². The van der Waals surface area contributed by atoms with E-state index in [1.807, 2.05) is 50.2 Å². The van der Waals surface area contributed by atoms with Crippen molar-refractivity contribution in [1.82, 2.24) is 0 Å². The quantitative estimate of drug-likeness (QED) is 0.565. The van der Waals surface area contributed by atoms with Gasteiger partial charge in [0.15, 0.2) is 0 Å². The van der Waals surface area contributed by atoms with Gasteiger partial charge in [-0.15, -0.1) is 0 Å². The standard InChI is InChI=1S/C22H23FN2O2/c1-15(2)12-22(26)25-19-5-3-4-18(13-19)24-14-20-10-11-21(27-20)16-6-8-17(23)9-7-16/h3-11,13,15,24H,12,14H2,1-2H3,(H,25,26). The molecule has 4 nitrogen and oxygen atoms in total. The lowest BCUT2D eigenvalue weighted by Gasteiger charge is -2.10. The second kappa shape index (κ2) is 8.54. The molecule has 1 heterocycles. The van der Waals surface area contributed by atoms with Crippen molar-refractivity contribution in [1.29, 1.82) is 0 Å². The van der Waals surface area contributed by atoms with E-state index in [0.717, 1.165) is 22.7 Å². The van der Waals surface area contributed by atoms with Crippen molar-refractivity contribution in [3.05, 3.63) is 72.2 Å². The number of halogens is 1. The highest BCUT2D eigenvalue weighted by molar-refractivity contribution is 5.91. The molecule has 0 bridgehead atoms. The number of carbonyl (C=O) groups is 1. The zero-order chi connectivity index (χ0) is 19.2. The zero-order valence-electron chi connectivity index (χ0n) is 15.5. The first-order valence-electron chi connectivity index (χ1n) is 8.98. The lowest BCUT2D eigenvalue weighted by atomic mass is 10.1. The van der Waals surface area contributed by atoms with Crippen molar-refractivity contribution < 1.29 is 13.6 Å². The van der Waals surface area contributed by atoms with E-state index in [4.69, 9.17) is 4.42 Å². The average Bonchev–Trinajstić information content (AvgIpc) is 3.09. The van der Waals surface area contributed by atoms with Gasteiger partial charge in [-0.1, -0.05) is 19.9 Å². The van der Waals surface area contributed by atoms with Gasteiger partial charge in [-0.2, -0.15) is 0 Å². The van der Waals surface area contributed by atoms with Crippen LogP contribution in [-0.4, -0.2) is 5.91 Å². The predicted molar refractivity (Wildman–Crippen MR) is 106 cm³/mol. The van der Waals surface area contributed by atoms with E-state index in [2.05, 4.69) is 10.6 Å². The monoisotopic (exact) mass is 366 g/mol. The number of benzene rings is 2. The summed E-state index contributed by atoms with van der Waals surface area (Å²) in [5.74, 6) is 1.52. The van der Waals surface area contributed by atoms with Crippen molar-refractivity contribution in [3.63, 3.8) is 0 Å². The van der Waals surface area contributed by atoms with E-state index < -0.39 is 0 Å². The molecule has 1 amide bonds. The lowest BCUT2D eigenvalue weighted by molar-refractivity contribution is -0.116. The molecule has 0 saturated carbocycles. The van der Waals surface area contributed by atoms with Crippen LogP contribution in [0, 0.1) is 11.7 Å². The number of amides is 1. The largest absolute Gasteiger partial charge is 0.459 e. The Balaban J connectivity index is 1.59. The lowest BCUT2D eigenvalue weighted by Crippen LogP contribution is -2.13. The number of rotatable bonds is 7. The molecule has 3 rings (SSSR count). The molecule has 0 fully saturated rings. The van der Waals surface area contributed by atoms with Crippen LogP contribution in [0.1, 0.15) is 26.0 Å². The summed E-state index contributed by atoms with van der Waals surface area (Å²) in [5, 5.41) is 6.19. The molecule has 0 aliphatic rings. The van der Waals surface area contributed by atoms with Gasteiger partial charge in [-0.3, -0.25) is 4.79 Å². The van der Waals surface area contributed by atoms with Crippen LogP contribution in [0.15, 0.2) is 65.1 Å². The molecule has 0 aliphatic heterocycles. The van der Waals surface area contributed by atoms with Crippen LogP contribution in [-0.2, 0) is 11.3 Å². The van der Waals surface area contributed by atoms with E-state index in [1.54, 1.807) is 12.1 Å². The highest BCUT2D eigenvalue weighted by Crippen LogP contribution is 2.23. The molecule has 140 valence electrons. The van der Waals surface area contributed by atoms with Gasteiger partial charge in [-0.05, 0) is 60.5 Å². The molecule has 5 heteroatoms. The Bertz CT molecular complexity index is 901. The van der Waals surface area contributed by atoms with Crippen LogP contribution in [0.5, 0.6) is 0 Å². The third-order valence-electron chi connectivity index (χ3n) is 4.00. The van der Waals surface area contributed by atoms with Crippen LogP contribution in [0.2, 0.25) is 0 Å². The van der Waals surface area contributed by atoms with Crippen LogP contribution in [0.3, 0.4) is 0 Å². The van der Waals surface area contributed by atoms with Gasteiger partial charge in [0, 0.05) is 23.4 Å². The summed E-state index contributed by atoms with van der Waals surface area (Å²) in [7, 11) is 0. The maximum atomic E-state index is 13.0. The third kappa shape index (κ3) is 5.45. The summed E-state index contributed by atoms with van der Waals surface area (Å²) < 4.78 is 18.8. The Morgan fingerprint density at radius 3 is 2.52 bits per heavy atom. The molecule has 0 atom stereocenters. The third-order valence-corrected chi connectivity index (χ3v) is 4.00.